The molecule has 0 saturated heterocycles. The summed E-state index contributed by atoms with van der Waals surface area (Å²) in [6.45, 7) is 1.54. The number of aromatic nitrogens is 2. The first-order valence-electron chi connectivity index (χ1n) is 4.46. The maximum absolute atomic E-state index is 11.1. The zero-order valence-electron chi connectivity index (χ0n) is 8.06. The van der Waals surface area contributed by atoms with Gasteiger partial charge in [-0.2, -0.15) is 0 Å². The molecule has 4 nitrogen and oxygen atoms in total. The number of rotatable bonds is 2. The van der Waals surface area contributed by atoms with Crippen LogP contribution >= 0.6 is 15.9 Å². The molecule has 0 amide bonds. The van der Waals surface area contributed by atoms with E-state index in [0.29, 0.717) is 11.9 Å². The van der Waals surface area contributed by atoms with Gasteiger partial charge in [-0.1, -0.05) is 0 Å². The van der Waals surface area contributed by atoms with E-state index in [-0.39, 0.29) is 11.5 Å². The van der Waals surface area contributed by atoms with Crippen LogP contribution < -0.4 is 5.69 Å². The molecule has 78 valence electrons. The average Bonchev–Trinajstić information content (AvgIpc) is 2.44. The van der Waals surface area contributed by atoms with Crippen molar-refractivity contribution in [3.8, 4) is 0 Å². The van der Waals surface area contributed by atoms with Gasteiger partial charge < -0.3 is 9.97 Å². The maximum Gasteiger partial charge on any atom is 0.323 e. The fourth-order valence-corrected chi connectivity index (χ4v) is 2.15. The fraction of sp³-hybridized carbons (Fsp3) is 0.200. The molecule has 2 rings (SSSR count). The van der Waals surface area contributed by atoms with Gasteiger partial charge in [0.2, 0.25) is 0 Å². The van der Waals surface area contributed by atoms with Crippen LogP contribution in [0.1, 0.15) is 12.5 Å². The lowest BCUT2D eigenvalue weighted by Gasteiger charge is -2.00. The number of imidazole rings is 1. The number of Topliss-reactive ketones (excluding diaryl/α,β-unsaturated/α-hetero) is 1. The molecule has 0 unspecified atom stereocenters. The number of aromatic amines is 2. The third kappa shape index (κ3) is 2.02. The Kier molecular flexibility index (Phi) is 2.48. The molecule has 15 heavy (non-hydrogen) atoms. The third-order valence-electron chi connectivity index (χ3n) is 2.09. The minimum absolute atomic E-state index is 0.0964. The number of carbonyl (C=O) groups is 1. The van der Waals surface area contributed by atoms with Crippen LogP contribution in [0.3, 0.4) is 0 Å². The summed E-state index contributed by atoms with van der Waals surface area (Å²) >= 11 is 3.35. The van der Waals surface area contributed by atoms with Crippen molar-refractivity contribution in [2.24, 2.45) is 0 Å². The first-order valence-corrected chi connectivity index (χ1v) is 5.25. The lowest BCUT2D eigenvalue weighted by molar-refractivity contribution is -0.116. The highest BCUT2D eigenvalue weighted by atomic mass is 79.9. The van der Waals surface area contributed by atoms with Gasteiger partial charge in [0, 0.05) is 10.9 Å². The van der Waals surface area contributed by atoms with Crippen LogP contribution in [-0.4, -0.2) is 15.8 Å². The number of H-pyrrole nitrogens is 2. The second-order valence-electron chi connectivity index (χ2n) is 3.46. The van der Waals surface area contributed by atoms with Crippen molar-refractivity contribution in [3.63, 3.8) is 0 Å². The van der Waals surface area contributed by atoms with E-state index in [0.717, 1.165) is 15.6 Å². The Morgan fingerprint density at radius 3 is 2.80 bits per heavy atom. The first-order chi connectivity index (χ1) is 7.06. The molecule has 0 atom stereocenters. The van der Waals surface area contributed by atoms with Gasteiger partial charge in [-0.15, -0.1) is 0 Å². The molecular formula is C10H9BrN2O2. The molecule has 0 aliphatic carbocycles. The SMILES string of the molecule is CC(=O)Cc1cc(Br)c2[nH]c(=O)[nH]c2c1. The monoisotopic (exact) mass is 268 g/mol. The molecule has 0 fully saturated rings. The van der Waals surface area contributed by atoms with Crippen LogP contribution in [-0.2, 0) is 11.2 Å². The van der Waals surface area contributed by atoms with Crippen molar-refractivity contribution in [1.82, 2.24) is 9.97 Å². The van der Waals surface area contributed by atoms with E-state index in [1.165, 1.54) is 6.92 Å². The van der Waals surface area contributed by atoms with Gasteiger partial charge in [0.1, 0.15) is 5.78 Å². The van der Waals surface area contributed by atoms with Gasteiger partial charge in [-0.05, 0) is 40.5 Å². The average molecular weight is 269 g/mol. The van der Waals surface area contributed by atoms with Gasteiger partial charge in [0.05, 0.1) is 11.0 Å². The molecule has 0 radical (unpaired) electrons. The van der Waals surface area contributed by atoms with E-state index in [1.807, 2.05) is 6.07 Å². The Bertz CT molecular complexity index is 583. The lowest BCUT2D eigenvalue weighted by Crippen LogP contribution is -1.99. The number of ketones is 1. The van der Waals surface area contributed by atoms with Crippen LogP contribution in [0.25, 0.3) is 11.0 Å². The molecule has 0 aliphatic heterocycles. The van der Waals surface area contributed by atoms with Crippen molar-refractivity contribution in [2.75, 3.05) is 0 Å². The summed E-state index contributed by atoms with van der Waals surface area (Å²) in [4.78, 5) is 27.4. The molecule has 0 saturated carbocycles. The predicted molar refractivity (Wildman–Crippen MR) is 61.0 cm³/mol. The van der Waals surface area contributed by atoms with Crippen LogP contribution in [0, 0.1) is 0 Å². The quantitative estimate of drug-likeness (QED) is 0.872. The van der Waals surface area contributed by atoms with E-state index in [1.54, 1.807) is 6.07 Å². The Labute approximate surface area is 93.8 Å². The third-order valence-corrected chi connectivity index (χ3v) is 2.72. The number of carbonyl (C=O) groups excluding carboxylic acids is 1. The van der Waals surface area contributed by atoms with E-state index in [9.17, 15) is 9.59 Å². The Morgan fingerprint density at radius 2 is 2.13 bits per heavy atom. The van der Waals surface area contributed by atoms with Crippen molar-refractivity contribution in [1.29, 1.82) is 0 Å². The number of hydrogen-bond acceptors (Lipinski definition) is 2. The number of fused-ring (bicyclic) bond motifs is 1. The zero-order valence-corrected chi connectivity index (χ0v) is 9.64. The molecule has 1 aromatic heterocycles. The van der Waals surface area contributed by atoms with Crippen molar-refractivity contribution in [2.45, 2.75) is 13.3 Å². The minimum atomic E-state index is -0.245. The van der Waals surface area contributed by atoms with E-state index < -0.39 is 0 Å². The Balaban J connectivity index is 2.61. The standard InChI is InChI=1S/C10H9BrN2O2/c1-5(14)2-6-3-7(11)9-8(4-6)12-10(15)13-9/h3-4H,2H2,1H3,(H2,12,13,15). The highest BCUT2D eigenvalue weighted by Gasteiger charge is 2.06. The number of hydrogen-bond donors (Lipinski definition) is 2. The number of halogens is 1. The number of nitrogens with one attached hydrogen (secondary N) is 2. The molecular weight excluding hydrogens is 260 g/mol. The normalized spacial score (nSPS) is 10.8. The molecule has 1 aromatic carbocycles. The lowest BCUT2D eigenvalue weighted by atomic mass is 10.1. The van der Waals surface area contributed by atoms with Crippen LogP contribution in [0.5, 0.6) is 0 Å². The fourth-order valence-electron chi connectivity index (χ4n) is 1.55. The second kappa shape index (κ2) is 3.66. The molecule has 2 aromatic rings. The van der Waals surface area contributed by atoms with Gasteiger partial charge in [0.15, 0.2) is 0 Å². The summed E-state index contributed by atoms with van der Waals surface area (Å²) in [6, 6.07) is 3.65. The Morgan fingerprint density at radius 1 is 1.40 bits per heavy atom. The van der Waals surface area contributed by atoms with Crippen molar-refractivity contribution in [3.05, 3.63) is 32.7 Å². The van der Waals surface area contributed by atoms with Crippen molar-refractivity contribution < 1.29 is 4.79 Å². The molecule has 1 heterocycles. The summed E-state index contributed by atoms with van der Waals surface area (Å²) in [5.74, 6) is 0.0964. The van der Waals surface area contributed by atoms with Crippen LogP contribution in [0.15, 0.2) is 21.4 Å². The van der Waals surface area contributed by atoms with Crippen LogP contribution in [0.2, 0.25) is 0 Å². The minimum Gasteiger partial charge on any atom is -0.306 e. The largest absolute Gasteiger partial charge is 0.323 e. The highest BCUT2D eigenvalue weighted by molar-refractivity contribution is 9.10. The summed E-state index contributed by atoms with van der Waals surface area (Å²) in [5.41, 5.74) is 2.08. The molecule has 2 N–H and O–H groups in total. The summed E-state index contributed by atoms with van der Waals surface area (Å²) in [6.07, 6.45) is 0.377. The van der Waals surface area contributed by atoms with Gasteiger partial charge >= 0.3 is 5.69 Å². The van der Waals surface area contributed by atoms with Gasteiger partial charge in [-0.25, -0.2) is 4.79 Å². The summed E-state index contributed by atoms with van der Waals surface area (Å²) in [7, 11) is 0. The molecule has 0 bridgehead atoms. The first kappa shape index (κ1) is 10.2. The predicted octanol–water partition coefficient (Wildman–Crippen LogP) is 1.75. The van der Waals surface area contributed by atoms with E-state index in [2.05, 4.69) is 25.9 Å². The zero-order chi connectivity index (χ0) is 11.0. The summed E-state index contributed by atoms with van der Waals surface area (Å²) in [5, 5.41) is 0. The maximum atomic E-state index is 11.1. The highest BCUT2D eigenvalue weighted by Crippen LogP contribution is 2.22. The molecule has 0 spiro atoms. The van der Waals surface area contributed by atoms with E-state index >= 15 is 0 Å². The van der Waals surface area contributed by atoms with Crippen molar-refractivity contribution >= 4 is 32.7 Å². The van der Waals surface area contributed by atoms with Crippen LogP contribution in [0.4, 0.5) is 0 Å². The van der Waals surface area contributed by atoms with Gasteiger partial charge in [0.25, 0.3) is 0 Å². The Hall–Kier alpha value is -1.36. The topological polar surface area (TPSA) is 65.7 Å². The second-order valence-corrected chi connectivity index (χ2v) is 4.31. The summed E-state index contributed by atoms with van der Waals surface area (Å²) < 4.78 is 0.787. The number of benzene rings is 1. The molecule has 0 aliphatic rings. The molecule has 5 heteroatoms. The van der Waals surface area contributed by atoms with E-state index in [4.69, 9.17) is 0 Å². The smallest absolute Gasteiger partial charge is 0.306 e. The van der Waals surface area contributed by atoms with Gasteiger partial charge in [-0.3, -0.25) is 4.79 Å².